The first-order chi connectivity index (χ1) is 10.6. The third kappa shape index (κ3) is 5.30. The molecule has 1 aromatic heterocycles. The number of carbonyl (C=O) groups is 1. The summed E-state index contributed by atoms with van der Waals surface area (Å²) in [6, 6.07) is 13.3. The largest absolute Gasteiger partial charge is 0.388 e. The predicted molar refractivity (Wildman–Crippen MR) is 86.2 cm³/mol. The lowest BCUT2D eigenvalue weighted by molar-refractivity contribution is -0.121. The lowest BCUT2D eigenvalue weighted by Crippen LogP contribution is -2.33. The summed E-state index contributed by atoms with van der Waals surface area (Å²) in [7, 11) is 0. The molecular weight excluding hydrogens is 276 g/mol. The van der Waals surface area contributed by atoms with Crippen molar-refractivity contribution in [2.45, 2.75) is 38.3 Å². The fourth-order valence-corrected chi connectivity index (χ4v) is 2.36. The predicted octanol–water partition coefficient (Wildman–Crippen LogP) is 2.64. The number of aliphatic hydroxyl groups is 1. The summed E-state index contributed by atoms with van der Waals surface area (Å²) in [6.07, 6.45) is 4.54. The van der Waals surface area contributed by atoms with Crippen LogP contribution in [0.5, 0.6) is 0 Å². The van der Waals surface area contributed by atoms with Gasteiger partial charge in [-0.05, 0) is 37.0 Å². The second kappa shape index (κ2) is 8.29. The molecule has 2 rings (SSSR count). The first-order valence-electron chi connectivity index (χ1n) is 7.56. The maximum absolute atomic E-state index is 11.9. The molecule has 2 unspecified atom stereocenters. The Morgan fingerprint density at radius 3 is 2.68 bits per heavy atom. The Bertz CT molecular complexity index is 572. The van der Waals surface area contributed by atoms with Gasteiger partial charge in [0.15, 0.2) is 0 Å². The van der Waals surface area contributed by atoms with Crippen molar-refractivity contribution in [3.63, 3.8) is 0 Å². The van der Waals surface area contributed by atoms with Gasteiger partial charge in [-0.1, -0.05) is 36.4 Å². The molecule has 0 bridgehead atoms. The van der Waals surface area contributed by atoms with Gasteiger partial charge >= 0.3 is 0 Å². The Morgan fingerprint density at radius 2 is 2.00 bits per heavy atom. The maximum atomic E-state index is 11.9. The fraction of sp³-hybridized carbons (Fsp3) is 0.333. The minimum Gasteiger partial charge on any atom is -0.388 e. The zero-order valence-corrected chi connectivity index (χ0v) is 12.8. The van der Waals surface area contributed by atoms with Crippen LogP contribution in [-0.2, 0) is 11.2 Å². The molecule has 2 N–H and O–H groups in total. The molecular formula is C18H22N2O2. The van der Waals surface area contributed by atoms with E-state index >= 15 is 0 Å². The third-order valence-corrected chi connectivity index (χ3v) is 3.53. The number of aromatic nitrogens is 1. The van der Waals surface area contributed by atoms with Gasteiger partial charge in [-0.15, -0.1) is 0 Å². The molecule has 0 aliphatic rings. The molecule has 0 saturated heterocycles. The van der Waals surface area contributed by atoms with Crippen LogP contribution in [0.3, 0.4) is 0 Å². The van der Waals surface area contributed by atoms with Gasteiger partial charge in [0.1, 0.15) is 0 Å². The second-order valence-electron chi connectivity index (χ2n) is 5.49. The number of amides is 1. The van der Waals surface area contributed by atoms with Gasteiger partial charge in [-0.25, -0.2) is 0 Å². The summed E-state index contributed by atoms with van der Waals surface area (Å²) in [5.74, 6) is -0.00313. The first kappa shape index (κ1) is 16.2. The quantitative estimate of drug-likeness (QED) is 0.826. The van der Waals surface area contributed by atoms with E-state index in [1.54, 1.807) is 12.4 Å². The number of hydrogen-bond donors (Lipinski definition) is 2. The van der Waals surface area contributed by atoms with Crippen molar-refractivity contribution >= 4 is 5.91 Å². The van der Waals surface area contributed by atoms with Gasteiger partial charge in [-0.2, -0.15) is 0 Å². The zero-order chi connectivity index (χ0) is 15.8. The number of carbonyl (C=O) groups excluding carboxylic acids is 1. The van der Waals surface area contributed by atoms with Crippen molar-refractivity contribution in [3.05, 3.63) is 66.0 Å². The lowest BCUT2D eigenvalue weighted by Gasteiger charge is -2.18. The van der Waals surface area contributed by atoms with E-state index in [-0.39, 0.29) is 11.9 Å². The monoisotopic (exact) mass is 298 g/mol. The van der Waals surface area contributed by atoms with Crippen LogP contribution in [0, 0.1) is 0 Å². The number of rotatable bonds is 7. The van der Waals surface area contributed by atoms with Gasteiger partial charge in [-0.3, -0.25) is 9.78 Å². The van der Waals surface area contributed by atoms with Crippen LogP contribution in [0.1, 0.15) is 37.0 Å². The molecule has 1 heterocycles. The number of nitrogens with zero attached hydrogens (tertiary/aromatic N) is 1. The topological polar surface area (TPSA) is 62.2 Å². The van der Waals surface area contributed by atoms with E-state index in [2.05, 4.69) is 10.3 Å². The van der Waals surface area contributed by atoms with Gasteiger partial charge < -0.3 is 10.4 Å². The molecule has 0 radical (unpaired) electrons. The molecule has 4 heteroatoms. The number of hydrogen-bond acceptors (Lipinski definition) is 3. The van der Waals surface area contributed by atoms with Gasteiger partial charge in [0.25, 0.3) is 0 Å². The van der Waals surface area contributed by atoms with Crippen LogP contribution in [-0.4, -0.2) is 22.0 Å². The Labute approximate surface area is 131 Å². The van der Waals surface area contributed by atoms with Gasteiger partial charge in [0.2, 0.25) is 5.91 Å². The Balaban J connectivity index is 1.74. The summed E-state index contributed by atoms with van der Waals surface area (Å²) in [5, 5.41) is 13.1. The summed E-state index contributed by atoms with van der Waals surface area (Å²) in [4.78, 5) is 16.0. The molecule has 116 valence electrons. The maximum Gasteiger partial charge on any atom is 0.220 e. The smallest absolute Gasteiger partial charge is 0.220 e. The van der Waals surface area contributed by atoms with Crippen molar-refractivity contribution in [3.8, 4) is 0 Å². The van der Waals surface area contributed by atoms with E-state index in [1.165, 1.54) is 0 Å². The molecule has 0 aliphatic carbocycles. The van der Waals surface area contributed by atoms with Crippen LogP contribution in [0.2, 0.25) is 0 Å². The van der Waals surface area contributed by atoms with Crippen molar-refractivity contribution in [1.82, 2.24) is 10.3 Å². The van der Waals surface area contributed by atoms with Crippen LogP contribution in [0.4, 0.5) is 0 Å². The molecule has 0 fully saturated rings. The summed E-state index contributed by atoms with van der Waals surface area (Å²) < 4.78 is 0. The van der Waals surface area contributed by atoms with Crippen molar-refractivity contribution in [2.24, 2.45) is 0 Å². The minimum absolute atomic E-state index is 0.00313. The average Bonchev–Trinajstić information content (AvgIpc) is 2.54. The molecule has 2 aromatic rings. The molecule has 0 aliphatic heterocycles. The zero-order valence-electron chi connectivity index (χ0n) is 12.8. The van der Waals surface area contributed by atoms with E-state index in [0.29, 0.717) is 19.3 Å². The second-order valence-corrected chi connectivity index (χ2v) is 5.49. The van der Waals surface area contributed by atoms with Crippen molar-refractivity contribution in [1.29, 1.82) is 0 Å². The number of benzene rings is 1. The fourth-order valence-electron chi connectivity index (χ4n) is 2.36. The first-order valence-corrected chi connectivity index (χ1v) is 7.56. The van der Waals surface area contributed by atoms with Crippen LogP contribution < -0.4 is 5.32 Å². The highest BCUT2D eigenvalue weighted by atomic mass is 16.3. The summed E-state index contributed by atoms with van der Waals surface area (Å²) in [5.41, 5.74) is 1.92. The number of aryl methyl sites for hydroxylation is 1. The Hall–Kier alpha value is -2.20. The number of nitrogens with one attached hydrogen (secondary N) is 1. The van der Waals surface area contributed by atoms with E-state index in [9.17, 15) is 9.90 Å². The molecule has 22 heavy (non-hydrogen) atoms. The molecule has 0 saturated carbocycles. The van der Waals surface area contributed by atoms with E-state index in [0.717, 1.165) is 11.1 Å². The molecule has 1 aromatic carbocycles. The van der Waals surface area contributed by atoms with Crippen molar-refractivity contribution in [2.75, 3.05) is 0 Å². The van der Waals surface area contributed by atoms with E-state index in [4.69, 9.17) is 0 Å². The molecule has 2 atom stereocenters. The van der Waals surface area contributed by atoms with Gasteiger partial charge in [0, 0.05) is 24.9 Å². The number of pyridine rings is 1. The minimum atomic E-state index is -0.560. The van der Waals surface area contributed by atoms with Crippen LogP contribution in [0.15, 0.2) is 54.9 Å². The third-order valence-electron chi connectivity index (χ3n) is 3.53. The molecule has 0 spiro atoms. The normalized spacial score (nSPS) is 13.4. The lowest BCUT2D eigenvalue weighted by atomic mass is 10.0. The van der Waals surface area contributed by atoms with Crippen LogP contribution >= 0.6 is 0 Å². The average molecular weight is 298 g/mol. The molecule has 4 nitrogen and oxygen atoms in total. The highest BCUT2D eigenvalue weighted by Gasteiger charge is 2.14. The Kier molecular flexibility index (Phi) is 6.10. The molecule has 1 amide bonds. The van der Waals surface area contributed by atoms with E-state index in [1.807, 2.05) is 49.4 Å². The number of aliphatic hydroxyl groups excluding tert-OH is 1. The summed E-state index contributed by atoms with van der Waals surface area (Å²) in [6.45, 7) is 1.91. The van der Waals surface area contributed by atoms with Gasteiger partial charge in [0.05, 0.1) is 6.10 Å². The standard InChI is InChI=1S/C18H22N2O2/c1-14(12-17(21)16-7-3-2-4-8-16)20-18(22)10-9-15-6-5-11-19-13-15/h2-8,11,13-14,17,21H,9-10,12H2,1H3,(H,20,22). The van der Waals surface area contributed by atoms with Crippen LogP contribution in [0.25, 0.3) is 0 Å². The summed E-state index contributed by atoms with van der Waals surface area (Å²) >= 11 is 0. The van der Waals surface area contributed by atoms with E-state index < -0.39 is 6.10 Å². The Morgan fingerprint density at radius 1 is 1.23 bits per heavy atom. The highest BCUT2D eigenvalue weighted by molar-refractivity contribution is 5.76. The SMILES string of the molecule is CC(CC(O)c1ccccc1)NC(=O)CCc1cccnc1. The van der Waals surface area contributed by atoms with Crippen molar-refractivity contribution < 1.29 is 9.90 Å². The highest BCUT2D eigenvalue weighted by Crippen LogP contribution is 2.17.